The highest BCUT2D eigenvalue weighted by Gasteiger charge is 2.50. The average molecular weight is 1280 g/mol. The highest BCUT2D eigenvalue weighted by atomic mass is 16.5. The Morgan fingerprint density at radius 3 is 1.68 bits per heavy atom. The Morgan fingerprint density at radius 2 is 1.16 bits per heavy atom. The molecule has 27 N–H and O–H groups in total. The second kappa shape index (κ2) is 34.2. The molecule has 2 aromatic rings. The number of carbonyl (C=O) groups is 8. The first-order chi connectivity index (χ1) is 43.1. The molecule has 91 heavy (non-hydrogen) atoms. The van der Waals surface area contributed by atoms with Crippen molar-refractivity contribution in [3.8, 4) is 17.2 Å². The van der Waals surface area contributed by atoms with Gasteiger partial charge in [-0.2, -0.15) is 0 Å². The number of nitrogens with zero attached hydrogens (tertiary/aromatic N) is 4. The van der Waals surface area contributed by atoms with Crippen LogP contribution in [0.4, 0.5) is 0 Å². The number of hydrogen-bond acceptors (Lipinski definition) is 19. The number of phenolic OH excluding ortho intramolecular Hbond substituents is 2. The van der Waals surface area contributed by atoms with Crippen LogP contribution in [-0.4, -0.2) is 190 Å². The number of phenols is 2. The van der Waals surface area contributed by atoms with E-state index < -0.39 is 150 Å². The van der Waals surface area contributed by atoms with Crippen LogP contribution in [0, 0.1) is 0 Å². The SMILES string of the molecule is COc1cccc2c1C(=O)c1c(O)c3c(c(O)c1C2=O)C[C@](O)(C(O)CO)C[C@@H]3OC1CCCC(NC(=O)[C@H](CCC(=O)N[C@@H](CCCN=C(N)N)C(=O)N[C@@H](CCCN=C(N)N)C(=O)N[C@@H](CCCN=C(N)N)C(=O)N[C@H](C)CCCN=C(N)N)NC(C)=O)C1. The van der Waals surface area contributed by atoms with E-state index in [1.165, 1.54) is 32.2 Å². The topological polar surface area (TPSA) is 586 Å². The molecule has 33 nitrogen and oxygen atoms in total. The number of nitrogens with two attached hydrogens (primary N) is 8. The summed E-state index contributed by atoms with van der Waals surface area (Å²) in [6.45, 7) is 2.56. The molecule has 0 aromatic heterocycles. The monoisotopic (exact) mass is 1280 g/mol. The number of methoxy groups -OCH3 is 1. The maximum atomic E-state index is 14.3. The summed E-state index contributed by atoms with van der Waals surface area (Å²) in [4.78, 5) is 127. The van der Waals surface area contributed by atoms with Gasteiger partial charge in [0, 0.05) is 81.1 Å². The lowest BCUT2D eigenvalue weighted by Gasteiger charge is -2.43. The van der Waals surface area contributed by atoms with Gasteiger partial charge in [-0.05, 0) is 96.5 Å². The number of ether oxygens (including phenoxy) is 2. The molecule has 1 fully saturated rings. The van der Waals surface area contributed by atoms with Crippen molar-refractivity contribution in [2.24, 2.45) is 65.8 Å². The summed E-state index contributed by atoms with van der Waals surface area (Å²) in [5, 5.41) is 73.2. The summed E-state index contributed by atoms with van der Waals surface area (Å²) in [7, 11) is 1.30. The van der Waals surface area contributed by atoms with Crippen molar-refractivity contribution >= 4 is 70.8 Å². The van der Waals surface area contributed by atoms with E-state index in [2.05, 4.69) is 51.9 Å². The third-order valence-corrected chi connectivity index (χ3v) is 15.8. The molecular weight excluding hydrogens is 1190 g/mol. The minimum absolute atomic E-state index is 0.0388. The van der Waals surface area contributed by atoms with E-state index in [4.69, 9.17) is 55.3 Å². The first kappa shape index (κ1) is 72.7. The van der Waals surface area contributed by atoms with Crippen molar-refractivity contribution in [2.45, 2.75) is 177 Å². The summed E-state index contributed by atoms with van der Waals surface area (Å²) < 4.78 is 12.0. The molecule has 0 bridgehead atoms. The van der Waals surface area contributed by atoms with Gasteiger partial charge in [0.05, 0.1) is 48.2 Å². The molecule has 3 aliphatic rings. The fraction of sp³-hybridized carbons (Fsp3) is 0.586. The van der Waals surface area contributed by atoms with Crippen LogP contribution >= 0.6 is 0 Å². The summed E-state index contributed by atoms with van der Waals surface area (Å²) in [6.07, 6.45) is -2.77. The predicted octanol–water partition coefficient (Wildman–Crippen LogP) is -4.14. The number of aliphatic imine (C=N–C) groups is 4. The van der Waals surface area contributed by atoms with Crippen molar-refractivity contribution in [3.05, 3.63) is 51.6 Å². The molecule has 33 heteroatoms. The predicted molar refractivity (Wildman–Crippen MR) is 334 cm³/mol. The van der Waals surface area contributed by atoms with Crippen LogP contribution < -0.4 is 82.5 Å². The molecule has 0 aliphatic heterocycles. The fourth-order valence-corrected chi connectivity index (χ4v) is 11.4. The molecule has 3 unspecified atom stereocenters. The molecule has 0 heterocycles. The van der Waals surface area contributed by atoms with Gasteiger partial charge in [-0.25, -0.2) is 0 Å². The Labute approximate surface area is 525 Å². The van der Waals surface area contributed by atoms with Crippen LogP contribution in [0.15, 0.2) is 38.2 Å². The molecule has 0 saturated heterocycles. The number of nitrogens with one attached hydrogen (secondary N) is 6. The molecule has 2 aromatic carbocycles. The first-order valence-corrected chi connectivity index (χ1v) is 30.1. The van der Waals surface area contributed by atoms with Crippen molar-refractivity contribution in [1.82, 2.24) is 31.9 Å². The number of hydrogen-bond donors (Lipinski definition) is 19. The standard InChI is InChI=1S/C58H90N18O15/c1-28(10-6-20-67-54(59)60)71-50(85)35(15-8-22-69-56(63)64)75-53(88)36(16-9-23-70-57(65)66)76-52(87)34(14-7-21-68-55(61)62)74-41(80)19-18-37(72-29(2)78)51(86)73-30-11-4-12-31(24-30)91-39-26-58(89,40(79)27-77)25-33-43(39)49(84)45-44(47(33)82)46(81)32-13-5-17-38(90-3)42(32)48(45)83/h5,13,17,28,30-31,34-37,39-40,77,79,82,84,89H,4,6-12,14-16,18-27H2,1-3H3,(H,71,85)(H,72,78)(H,73,86)(H,74,80)(H,75,88)(H,76,87)(H4,59,60,67)(H4,61,62,68)(H4,63,64,69)(H4,65,66,70)/t28-,30?,31?,34+,35+,36+,37+,39+,40?,58-/m1/s1. The van der Waals surface area contributed by atoms with Crippen LogP contribution in [0.1, 0.15) is 159 Å². The van der Waals surface area contributed by atoms with Crippen LogP contribution in [0.2, 0.25) is 0 Å². The summed E-state index contributed by atoms with van der Waals surface area (Å²) in [6, 6.07) is -1.81. The highest BCUT2D eigenvalue weighted by molar-refractivity contribution is 6.31. The van der Waals surface area contributed by atoms with E-state index in [1.54, 1.807) is 6.92 Å². The number of amides is 6. The van der Waals surface area contributed by atoms with Crippen molar-refractivity contribution in [3.63, 3.8) is 0 Å². The van der Waals surface area contributed by atoms with Crippen LogP contribution in [0.3, 0.4) is 0 Å². The molecule has 0 radical (unpaired) electrons. The fourth-order valence-electron chi connectivity index (χ4n) is 11.4. The Kier molecular flexibility index (Phi) is 27.3. The van der Waals surface area contributed by atoms with Gasteiger partial charge in [-0.1, -0.05) is 12.1 Å². The lowest BCUT2D eigenvalue weighted by atomic mass is 9.71. The normalized spacial score (nSPS) is 19.3. The van der Waals surface area contributed by atoms with Crippen molar-refractivity contribution in [2.75, 3.05) is 39.9 Å². The second-order valence-corrected chi connectivity index (χ2v) is 22.9. The number of rotatable bonds is 34. The number of carbonyl (C=O) groups excluding carboxylic acids is 8. The number of benzene rings is 2. The van der Waals surface area contributed by atoms with Gasteiger partial charge in [0.15, 0.2) is 29.6 Å². The second-order valence-electron chi connectivity index (χ2n) is 22.9. The zero-order valence-electron chi connectivity index (χ0n) is 51.5. The molecular formula is C58H90N18O15. The molecule has 3 aliphatic carbocycles. The largest absolute Gasteiger partial charge is 0.507 e. The van der Waals surface area contributed by atoms with E-state index in [1.807, 2.05) is 0 Å². The Morgan fingerprint density at radius 1 is 0.659 bits per heavy atom. The van der Waals surface area contributed by atoms with Crippen molar-refractivity contribution in [1.29, 1.82) is 0 Å². The zero-order valence-corrected chi connectivity index (χ0v) is 51.5. The van der Waals surface area contributed by atoms with E-state index in [0.29, 0.717) is 38.6 Å². The maximum Gasteiger partial charge on any atom is 0.243 e. The smallest absolute Gasteiger partial charge is 0.243 e. The Hall–Kier alpha value is -9.08. The van der Waals surface area contributed by atoms with E-state index in [0.717, 1.165) is 0 Å². The van der Waals surface area contributed by atoms with Gasteiger partial charge in [0.2, 0.25) is 41.2 Å². The number of fused-ring (bicyclic) bond motifs is 3. The molecule has 0 spiro atoms. The van der Waals surface area contributed by atoms with E-state index >= 15 is 0 Å². The molecule has 5 rings (SSSR count). The molecule has 6 amide bonds. The van der Waals surface area contributed by atoms with Gasteiger partial charge in [-0.3, -0.25) is 58.3 Å². The summed E-state index contributed by atoms with van der Waals surface area (Å²) in [5.74, 6) is -7.89. The van der Waals surface area contributed by atoms with E-state index in [-0.39, 0.29) is 129 Å². The number of aliphatic hydroxyl groups excluding tert-OH is 2. The average Bonchev–Trinajstić information content (AvgIpc) is 0.714. The number of aromatic hydroxyl groups is 2. The number of guanidine groups is 4. The number of aliphatic hydroxyl groups is 3. The Bertz CT molecular complexity index is 3070. The van der Waals surface area contributed by atoms with Crippen LogP contribution in [0.25, 0.3) is 0 Å². The van der Waals surface area contributed by atoms with Gasteiger partial charge >= 0.3 is 0 Å². The van der Waals surface area contributed by atoms with Crippen LogP contribution in [-0.2, 0) is 39.9 Å². The summed E-state index contributed by atoms with van der Waals surface area (Å²) >= 11 is 0. The zero-order chi connectivity index (χ0) is 67.3. The quantitative estimate of drug-likeness (QED) is 0.0117. The minimum atomic E-state index is -2.18. The summed E-state index contributed by atoms with van der Waals surface area (Å²) in [5.41, 5.74) is 40.3. The molecule has 10 atom stereocenters. The van der Waals surface area contributed by atoms with Gasteiger partial charge < -0.3 is 113 Å². The van der Waals surface area contributed by atoms with E-state index in [9.17, 15) is 63.9 Å². The molecule has 502 valence electrons. The van der Waals surface area contributed by atoms with Gasteiger partial charge in [0.25, 0.3) is 0 Å². The third kappa shape index (κ3) is 20.7. The molecule has 1 saturated carbocycles. The minimum Gasteiger partial charge on any atom is -0.507 e. The van der Waals surface area contributed by atoms with Gasteiger partial charge in [-0.15, -0.1) is 0 Å². The third-order valence-electron chi connectivity index (χ3n) is 15.8. The van der Waals surface area contributed by atoms with Crippen molar-refractivity contribution < 1.29 is 73.4 Å². The maximum absolute atomic E-state index is 14.3. The van der Waals surface area contributed by atoms with Crippen LogP contribution in [0.5, 0.6) is 17.2 Å². The first-order valence-electron chi connectivity index (χ1n) is 30.1. The lowest BCUT2D eigenvalue weighted by molar-refractivity contribution is -0.144. The number of ketones is 2. The Balaban J connectivity index is 1.32. The highest BCUT2D eigenvalue weighted by Crippen LogP contribution is 2.53. The lowest BCUT2D eigenvalue weighted by Crippen LogP contribution is -2.57. The van der Waals surface area contributed by atoms with Gasteiger partial charge in [0.1, 0.15) is 47.5 Å².